The number of carbonyl (C=O) groups is 1. The minimum absolute atomic E-state index is 0. The lowest BCUT2D eigenvalue weighted by atomic mass is 10.1. The molecule has 3 N–H and O–H groups in total. The number of hydrogen-bond acceptors (Lipinski definition) is 4. The van der Waals surface area contributed by atoms with Gasteiger partial charge in [0.15, 0.2) is 11.5 Å². The molecule has 1 atom stereocenters. The number of nitrogens with two attached hydrogens (primary N) is 1. The second-order valence-corrected chi connectivity index (χ2v) is 4.87. The number of para-hydroxylation sites is 1. The number of methoxy groups -OCH3 is 1. The number of alkyl halides is 2. The summed E-state index contributed by atoms with van der Waals surface area (Å²) in [5.41, 5.74) is 5.63. The molecule has 0 aliphatic heterocycles. The smallest absolute Gasteiger partial charge is 0.387 e. The lowest BCUT2D eigenvalue weighted by Crippen LogP contribution is -2.41. The van der Waals surface area contributed by atoms with Crippen molar-refractivity contribution in [2.75, 3.05) is 13.7 Å². The Labute approximate surface area is 133 Å². The minimum Gasteiger partial charge on any atom is -0.493 e. The van der Waals surface area contributed by atoms with Crippen LogP contribution in [0.5, 0.6) is 11.5 Å². The van der Waals surface area contributed by atoms with Crippen LogP contribution in [0.25, 0.3) is 0 Å². The average molecular weight is 337 g/mol. The van der Waals surface area contributed by atoms with E-state index >= 15 is 0 Å². The molecule has 0 aromatic heterocycles. The Morgan fingerprint density at radius 3 is 2.64 bits per heavy atom. The van der Waals surface area contributed by atoms with E-state index in [9.17, 15) is 13.6 Å². The van der Waals surface area contributed by atoms with Crippen molar-refractivity contribution in [1.82, 2.24) is 5.32 Å². The number of halogens is 3. The summed E-state index contributed by atoms with van der Waals surface area (Å²) in [6.45, 7) is -2.73. The van der Waals surface area contributed by atoms with Crippen LogP contribution in [0, 0.1) is 5.92 Å². The summed E-state index contributed by atoms with van der Waals surface area (Å²) in [5.74, 6) is -0.311. The standard InChI is InChI=1S/C14H18F2N2O3.ClH/c1-20-11-4-2-3-9(12(11)21-14(15)16)13(19)18-10(7-17)8-5-6-8;/h2-4,8,10,14H,5-7,17H2,1H3,(H,18,19);1H. The van der Waals surface area contributed by atoms with Gasteiger partial charge in [-0.1, -0.05) is 6.07 Å². The van der Waals surface area contributed by atoms with E-state index in [1.165, 1.54) is 19.2 Å². The maximum absolute atomic E-state index is 12.5. The van der Waals surface area contributed by atoms with E-state index in [-0.39, 0.29) is 35.5 Å². The van der Waals surface area contributed by atoms with Gasteiger partial charge in [0, 0.05) is 12.6 Å². The number of ether oxygens (including phenoxy) is 2. The third kappa shape index (κ3) is 4.45. The summed E-state index contributed by atoms with van der Waals surface area (Å²) in [6, 6.07) is 4.26. The fourth-order valence-electron chi connectivity index (χ4n) is 2.18. The van der Waals surface area contributed by atoms with Gasteiger partial charge in [0.2, 0.25) is 0 Å². The van der Waals surface area contributed by atoms with Gasteiger partial charge in [0.25, 0.3) is 5.91 Å². The van der Waals surface area contributed by atoms with Crippen LogP contribution in [-0.4, -0.2) is 32.2 Å². The van der Waals surface area contributed by atoms with Crippen LogP contribution < -0.4 is 20.5 Å². The summed E-state index contributed by atoms with van der Waals surface area (Å²) in [4.78, 5) is 12.3. The number of nitrogens with one attached hydrogen (secondary N) is 1. The molecule has 1 amide bonds. The SMILES string of the molecule is COc1cccc(C(=O)NC(CN)C2CC2)c1OC(F)F.Cl. The van der Waals surface area contributed by atoms with E-state index in [4.69, 9.17) is 10.5 Å². The zero-order valence-corrected chi connectivity index (χ0v) is 12.9. The summed E-state index contributed by atoms with van der Waals surface area (Å²) in [5, 5.41) is 2.77. The lowest BCUT2D eigenvalue weighted by molar-refractivity contribution is -0.0515. The molecule has 2 rings (SSSR count). The number of hydrogen-bond donors (Lipinski definition) is 2. The maximum Gasteiger partial charge on any atom is 0.387 e. The van der Waals surface area contributed by atoms with E-state index in [1.54, 1.807) is 6.07 Å². The molecule has 0 radical (unpaired) electrons. The van der Waals surface area contributed by atoms with Crippen molar-refractivity contribution in [1.29, 1.82) is 0 Å². The van der Waals surface area contributed by atoms with Crippen molar-refractivity contribution < 1.29 is 23.0 Å². The highest BCUT2D eigenvalue weighted by Crippen LogP contribution is 2.34. The maximum atomic E-state index is 12.5. The van der Waals surface area contributed by atoms with Gasteiger partial charge in [0.05, 0.1) is 12.7 Å². The molecular weight excluding hydrogens is 318 g/mol. The molecule has 1 saturated carbocycles. The Balaban J connectivity index is 0.00000242. The predicted molar refractivity (Wildman–Crippen MR) is 79.9 cm³/mol. The van der Waals surface area contributed by atoms with Gasteiger partial charge in [-0.05, 0) is 30.9 Å². The van der Waals surface area contributed by atoms with Crippen LogP contribution >= 0.6 is 12.4 Å². The monoisotopic (exact) mass is 336 g/mol. The minimum atomic E-state index is -3.04. The Bertz CT molecular complexity index is 513. The van der Waals surface area contributed by atoms with Crippen LogP contribution in [0.1, 0.15) is 23.2 Å². The highest BCUT2D eigenvalue weighted by Gasteiger charge is 2.32. The Morgan fingerprint density at radius 1 is 1.45 bits per heavy atom. The summed E-state index contributed by atoms with van der Waals surface area (Å²) < 4.78 is 34.4. The molecule has 0 saturated heterocycles. The number of amides is 1. The van der Waals surface area contributed by atoms with Crippen LogP contribution in [0.2, 0.25) is 0 Å². The van der Waals surface area contributed by atoms with E-state index in [0.717, 1.165) is 12.8 Å². The van der Waals surface area contributed by atoms with E-state index in [0.29, 0.717) is 12.5 Å². The van der Waals surface area contributed by atoms with Gasteiger partial charge < -0.3 is 20.5 Å². The van der Waals surface area contributed by atoms with Crippen molar-refractivity contribution in [3.05, 3.63) is 23.8 Å². The normalized spacial score (nSPS) is 15.0. The van der Waals surface area contributed by atoms with Crippen LogP contribution in [0.3, 0.4) is 0 Å². The number of benzene rings is 1. The van der Waals surface area contributed by atoms with Crippen LogP contribution in [-0.2, 0) is 0 Å². The second kappa shape index (κ2) is 8.14. The van der Waals surface area contributed by atoms with Crippen molar-refractivity contribution in [2.45, 2.75) is 25.5 Å². The van der Waals surface area contributed by atoms with Gasteiger partial charge in [-0.15, -0.1) is 12.4 Å². The Hall–Kier alpha value is -1.60. The van der Waals surface area contributed by atoms with Crippen molar-refractivity contribution in [3.63, 3.8) is 0 Å². The molecule has 1 unspecified atom stereocenters. The van der Waals surface area contributed by atoms with Crippen LogP contribution in [0.4, 0.5) is 8.78 Å². The topological polar surface area (TPSA) is 73.6 Å². The first kappa shape index (κ1) is 18.4. The molecule has 0 bridgehead atoms. The first-order chi connectivity index (χ1) is 10.1. The third-order valence-corrected chi connectivity index (χ3v) is 3.41. The quantitative estimate of drug-likeness (QED) is 0.800. The van der Waals surface area contributed by atoms with Gasteiger partial charge in [-0.25, -0.2) is 0 Å². The molecule has 1 fully saturated rings. The molecule has 8 heteroatoms. The van der Waals surface area contributed by atoms with Crippen molar-refractivity contribution in [3.8, 4) is 11.5 Å². The lowest BCUT2D eigenvalue weighted by Gasteiger charge is -2.18. The van der Waals surface area contributed by atoms with E-state index in [1.807, 2.05) is 0 Å². The molecule has 124 valence electrons. The highest BCUT2D eigenvalue weighted by molar-refractivity contribution is 5.98. The largest absolute Gasteiger partial charge is 0.493 e. The van der Waals surface area contributed by atoms with Crippen molar-refractivity contribution in [2.24, 2.45) is 11.7 Å². The van der Waals surface area contributed by atoms with E-state index in [2.05, 4.69) is 10.1 Å². The Kier molecular flexibility index (Phi) is 6.83. The number of carbonyl (C=O) groups excluding carboxylic acids is 1. The molecule has 0 spiro atoms. The molecule has 1 aromatic carbocycles. The number of rotatable bonds is 7. The fraction of sp³-hybridized carbons (Fsp3) is 0.500. The molecule has 22 heavy (non-hydrogen) atoms. The molecule has 1 aliphatic rings. The zero-order chi connectivity index (χ0) is 15.4. The molecule has 1 aromatic rings. The first-order valence-corrected chi connectivity index (χ1v) is 6.69. The van der Waals surface area contributed by atoms with Gasteiger partial charge >= 0.3 is 6.61 Å². The van der Waals surface area contributed by atoms with Crippen molar-refractivity contribution >= 4 is 18.3 Å². The Morgan fingerprint density at radius 2 is 2.14 bits per heavy atom. The molecular formula is C14H19ClF2N2O3. The molecule has 0 heterocycles. The van der Waals surface area contributed by atoms with Gasteiger partial charge in [-0.3, -0.25) is 4.79 Å². The average Bonchev–Trinajstić information content (AvgIpc) is 3.28. The first-order valence-electron chi connectivity index (χ1n) is 6.69. The second-order valence-electron chi connectivity index (χ2n) is 4.87. The summed E-state index contributed by atoms with van der Waals surface area (Å²) >= 11 is 0. The van der Waals surface area contributed by atoms with Gasteiger partial charge in [-0.2, -0.15) is 8.78 Å². The summed E-state index contributed by atoms with van der Waals surface area (Å²) in [6.07, 6.45) is 2.03. The summed E-state index contributed by atoms with van der Waals surface area (Å²) in [7, 11) is 1.32. The fourth-order valence-corrected chi connectivity index (χ4v) is 2.18. The van der Waals surface area contributed by atoms with E-state index < -0.39 is 12.5 Å². The molecule has 1 aliphatic carbocycles. The highest BCUT2D eigenvalue weighted by atomic mass is 35.5. The predicted octanol–water partition coefficient (Wildman–Crippen LogP) is 2.19. The van der Waals surface area contributed by atoms with Crippen LogP contribution in [0.15, 0.2) is 18.2 Å². The zero-order valence-electron chi connectivity index (χ0n) is 12.1. The molecule has 5 nitrogen and oxygen atoms in total. The third-order valence-electron chi connectivity index (χ3n) is 3.41. The van der Waals surface area contributed by atoms with Gasteiger partial charge in [0.1, 0.15) is 0 Å².